The molecule has 3 rings (SSSR count). The number of hydrogen-bond donors (Lipinski definition) is 1. The first kappa shape index (κ1) is 11.1. The third-order valence-electron chi connectivity index (χ3n) is 3.11. The summed E-state index contributed by atoms with van der Waals surface area (Å²) < 4.78 is 0.753. The van der Waals surface area contributed by atoms with Crippen molar-refractivity contribution in [3.63, 3.8) is 0 Å². The molecule has 1 aliphatic carbocycles. The minimum Gasteiger partial charge on any atom is -0.395 e. The van der Waals surface area contributed by atoms with E-state index in [-0.39, 0.29) is 12.0 Å². The van der Waals surface area contributed by atoms with Gasteiger partial charge in [0.05, 0.1) is 26.9 Å². The summed E-state index contributed by atoms with van der Waals surface area (Å²) in [6.45, 7) is 0.127. The summed E-state index contributed by atoms with van der Waals surface area (Å²) in [6, 6.07) is 5.69. The van der Waals surface area contributed by atoms with Gasteiger partial charge in [0, 0.05) is 6.20 Å². The van der Waals surface area contributed by atoms with Crippen LogP contribution in [0.4, 0.5) is 0 Å². The zero-order valence-corrected chi connectivity index (χ0v) is 10.6. The van der Waals surface area contributed by atoms with E-state index in [1.165, 1.54) is 11.3 Å². The number of rotatable bonds is 3. The van der Waals surface area contributed by atoms with Crippen molar-refractivity contribution in [2.45, 2.75) is 18.3 Å². The molecule has 5 heteroatoms. The Morgan fingerprint density at radius 2 is 2.18 bits per heavy atom. The zero-order valence-electron chi connectivity index (χ0n) is 9.06. The van der Waals surface area contributed by atoms with Gasteiger partial charge in [0.15, 0.2) is 0 Å². The fourth-order valence-electron chi connectivity index (χ4n) is 1.81. The van der Waals surface area contributed by atoms with Gasteiger partial charge < -0.3 is 5.11 Å². The summed E-state index contributed by atoms with van der Waals surface area (Å²) in [5.41, 5.74) is 0.698. The molecule has 1 saturated carbocycles. The minimum absolute atomic E-state index is 0.127. The third-order valence-corrected chi connectivity index (χ3v) is 4.37. The van der Waals surface area contributed by atoms with Crippen LogP contribution in [0.15, 0.2) is 24.4 Å². The SMILES string of the molecule is OCC1(c2nccc(-c3ccc(Cl)s3)n2)CC1. The molecular formula is C12H11ClN2OS. The molecule has 2 aromatic rings. The van der Waals surface area contributed by atoms with E-state index in [1.54, 1.807) is 6.20 Å². The van der Waals surface area contributed by atoms with Crippen LogP contribution < -0.4 is 0 Å². The lowest BCUT2D eigenvalue weighted by Crippen LogP contribution is -2.16. The molecule has 0 radical (unpaired) electrons. The van der Waals surface area contributed by atoms with Gasteiger partial charge in [-0.15, -0.1) is 11.3 Å². The van der Waals surface area contributed by atoms with Gasteiger partial charge in [0.1, 0.15) is 5.82 Å². The maximum atomic E-state index is 9.38. The lowest BCUT2D eigenvalue weighted by Gasteiger charge is -2.10. The second kappa shape index (κ2) is 4.05. The van der Waals surface area contributed by atoms with Crippen LogP contribution in [0.3, 0.4) is 0 Å². The lowest BCUT2D eigenvalue weighted by atomic mass is 10.1. The van der Waals surface area contributed by atoms with Gasteiger partial charge in [-0.25, -0.2) is 9.97 Å². The highest BCUT2D eigenvalue weighted by atomic mass is 35.5. The van der Waals surface area contributed by atoms with Crippen LogP contribution in [0.2, 0.25) is 4.34 Å². The van der Waals surface area contributed by atoms with Crippen molar-refractivity contribution in [2.75, 3.05) is 6.61 Å². The molecule has 2 heterocycles. The third kappa shape index (κ3) is 1.97. The molecule has 0 atom stereocenters. The number of aliphatic hydroxyl groups is 1. The smallest absolute Gasteiger partial charge is 0.137 e. The highest BCUT2D eigenvalue weighted by molar-refractivity contribution is 7.19. The standard InChI is InChI=1S/C12H11ClN2OS/c13-10-2-1-9(17-10)8-3-6-14-11(15-8)12(7-16)4-5-12/h1-3,6,16H,4-5,7H2. The van der Waals surface area contributed by atoms with Gasteiger partial charge in [-0.2, -0.15) is 0 Å². The first-order valence-electron chi connectivity index (χ1n) is 5.44. The van der Waals surface area contributed by atoms with Crippen LogP contribution in [0.25, 0.3) is 10.6 Å². The Morgan fingerprint density at radius 1 is 1.35 bits per heavy atom. The molecule has 0 saturated heterocycles. The first-order valence-corrected chi connectivity index (χ1v) is 6.63. The van der Waals surface area contributed by atoms with E-state index < -0.39 is 0 Å². The van der Waals surface area contributed by atoms with Gasteiger partial charge >= 0.3 is 0 Å². The normalized spacial score (nSPS) is 17.1. The molecule has 17 heavy (non-hydrogen) atoms. The number of halogens is 1. The van der Waals surface area contributed by atoms with E-state index in [0.717, 1.165) is 33.6 Å². The number of aliphatic hydroxyl groups excluding tert-OH is 1. The highest BCUT2D eigenvalue weighted by Gasteiger charge is 2.46. The van der Waals surface area contributed by atoms with Crippen LogP contribution in [-0.2, 0) is 5.41 Å². The molecule has 0 amide bonds. The van der Waals surface area contributed by atoms with E-state index in [4.69, 9.17) is 11.6 Å². The van der Waals surface area contributed by atoms with Crippen molar-refractivity contribution in [3.05, 3.63) is 34.6 Å². The maximum absolute atomic E-state index is 9.38. The van der Waals surface area contributed by atoms with Crippen LogP contribution in [0.5, 0.6) is 0 Å². The topological polar surface area (TPSA) is 46.0 Å². The average molecular weight is 267 g/mol. The van der Waals surface area contributed by atoms with Crippen molar-refractivity contribution >= 4 is 22.9 Å². The zero-order chi connectivity index (χ0) is 11.9. The highest BCUT2D eigenvalue weighted by Crippen LogP contribution is 2.46. The molecular weight excluding hydrogens is 256 g/mol. The maximum Gasteiger partial charge on any atom is 0.137 e. The summed E-state index contributed by atoms with van der Waals surface area (Å²) in [7, 11) is 0. The van der Waals surface area contributed by atoms with E-state index in [2.05, 4.69) is 9.97 Å². The van der Waals surface area contributed by atoms with Gasteiger partial charge in [-0.1, -0.05) is 11.6 Å². The lowest BCUT2D eigenvalue weighted by molar-refractivity contribution is 0.250. The van der Waals surface area contributed by atoms with E-state index in [1.807, 2.05) is 18.2 Å². The Bertz CT molecular complexity index is 551. The Kier molecular flexibility index (Phi) is 2.65. The quantitative estimate of drug-likeness (QED) is 0.929. The van der Waals surface area contributed by atoms with Crippen LogP contribution >= 0.6 is 22.9 Å². The fourth-order valence-corrected chi connectivity index (χ4v) is 2.82. The van der Waals surface area contributed by atoms with Crippen molar-refractivity contribution < 1.29 is 5.11 Å². The predicted molar refractivity (Wildman–Crippen MR) is 68.4 cm³/mol. The van der Waals surface area contributed by atoms with Crippen LogP contribution in [0, 0.1) is 0 Å². The first-order chi connectivity index (χ1) is 8.23. The second-order valence-electron chi connectivity index (χ2n) is 4.31. The average Bonchev–Trinajstić information content (AvgIpc) is 3.06. The Morgan fingerprint density at radius 3 is 2.76 bits per heavy atom. The summed E-state index contributed by atoms with van der Waals surface area (Å²) in [5, 5.41) is 9.38. The van der Waals surface area contributed by atoms with E-state index in [9.17, 15) is 5.11 Å². The van der Waals surface area contributed by atoms with Gasteiger partial charge in [-0.05, 0) is 31.0 Å². The molecule has 0 aliphatic heterocycles. The molecule has 1 N–H and O–H groups in total. The molecule has 1 fully saturated rings. The number of thiophene rings is 1. The Labute approximate surface area is 108 Å². The molecule has 3 nitrogen and oxygen atoms in total. The van der Waals surface area contributed by atoms with Crippen molar-refractivity contribution in [3.8, 4) is 10.6 Å². The van der Waals surface area contributed by atoms with Gasteiger partial charge in [0.2, 0.25) is 0 Å². The molecule has 0 spiro atoms. The van der Waals surface area contributed by atoms with E-state index >= 15 is 0 Å². The van der Waals surface area contributed by atoms with Crippen molar-refractivity contribution in [2.24, 2.45) is 0 Å². The monoisotopic (exact) mass is 266 g/mol. The summed E-state index contributed by atoms with van der Waals surface area (Å²) in [5.74, 6) is 0.752. The van der Waals surface area contributed by atoms with Crippen molar-refractivity contribution in [1.82, 2.24) is 9.97 Å². The van der Waals surface area contributed by atoms with Gasteiger partial charge in [-0.3, -0.25) is 0 Å². The minimum atomic E-state index is -0.183. The Balaban J connectivity index is 2.00. The van der Waals surface area contributed by atoms with Crippen molar-refractivity contribution in [1.29, 1.82) is 0 Å². The molecule has 0 bridgehead atoms. The summed E-state index contributed by atoms with van der Waals surface area (Å²) >= 11 is 7.42. The second-order valence-corrected chi connectivity index (χ2v) is 6.02. The molecule has 2 aromatic heterocycles. The molecule has 1 aliphatic rings. The van der Waals surface area contributed by atoms with Crippen LogP contribution in [0.1, 0.15) is 18.7 Å². The summed E-state index contributed by atoms with van der Waals surface area (Å²) in [6.07, 6.45) is 3.69. The predicted octanol–water partition coefficient (Wildman–Crippen LogP) is 2.88. The number of aromatic nitrogens is 2. The number of nitrogens with zero attached hydrogens (tertiary/aromatic N) is 2. The summed E-state index contributed by atoms with van der Waals surface area (Å²) in [4.78, 5) is 9.85. The molecule has 0 unspecified atom stereocenters. The largest absolute Gasteiger partial charge is 0.395 e. The Hall–Kier alpha value is -0.970. The van der Waals surface area contributed by atoms with Gasteiger partial charge in [0.25, 0.3) is 0 Å². The molecule has 0 aromatic carbocycles. The number of hydrogen-bond acceptors (Lipinski definition) is 4. The van der Waals surface area contributed by atoms with E-state index in [0.29, 0.717) is 0 Å². The van der Waals surface area contributed by atoms with Crippen LogP contribution in [-0.4, -0.2) is 21.7 Å². The molecule has 88 valence electrons. The fraction of sp³-hybridized carbons (Fsp3) is 0.333.